The van der Waals surface area contributed by atoms with Gasteiger partial charge in [-0.15, -0.1) is 11.8 Å². The van der Waals surface area contributed by atoms with Gasteiger partial charge in [-0.05, 0) is 18.1 Å². The predicted octanol–water partition coefficient (Wildman–Crippen LogP) is 2.94. The van der Waals surface area contributed by atoms with Crippen LogP contribution in [0.2, 0.25) is 5.02 Å². The number of aliphatic hydroxyl groups is 1. The molecule has 1 rings (SSSR count). The molecule has 3 nitrogen and oxygen atoms in total. The lowest BCUT2D eigenvalue weighted by atomic mass is 10.2. The van der Waals surface area contributed by atoms with E-state index in [2.05, 4.69) is 18.3 Å². The van der Waals surface area contributed by atoms with Crippen molar-refractivity contribution in [3.05, 3.63) is 28.8 Å². The van der Waals surface area contributed by atoms with E-state index in [0.717, 1.165) is 29.4 Å². The molecule has 5 heteroatoms. The summed E-state index contributed by atoms with van der Waals surface area (Å²) in [6.07, 6.45) is 0.770. The lowest BCUT2D eigenvalue weighted by Crippen LogP contribution is -2.19. The largest absolute Gasteiger partial charge is 0.396 e. The zero-order valence-electron chi connectivity index (χ0n) is 11.5. The molecular formula is C14H22ClNO2S. The molecular weight excluding hydrogens is 282 g/mol. The smallest absolute Gasteiger partial charge is 0.0587 e. The van der Waals surface area contributed by atoms with Gasteiger partial charge in [0.15, 0.2) is 0 Å². The maximum Gasteiger partial charge on any atom is 0.0587 e. The molecule has 2 N–H and O–H groups in total. The van der Waals surface area contributed by atoms with Gasteiger partial charge in [0.25, 0.3) is 0 Å². The summed E-state index contributed by atoms with van der Waals surface area (Å²) in [7, 11) is 1.69. The van der Waals surface area contributed by atoms with Gasteiger partial charge < -0.3 is 15.2 Å². The zero-order chi connectivity index (χ0) is 14.1. The quantitative estimate of drug-likeness (QED) is 0.544. The Morgan fingerprint density at radius 3 is 2.95 bits per heavy atom. The van der Waals surface area contributed by atoms with Gasteiger partial charge in [0, 0.05) is 37.0 Å². The highest BCUT2D eigenvalue weighted by Crippen LogP contribution is 2.34. The first kappa shape index (κ1) is 16.8. The SMILES string of the molecule is COCCNCc1cccc(Cl)c1SC(C)CCO. The maximum atomic E-state index is 8.98. The van der Waals surface area contributed by atoms with Gasteiger partial charge >= 0.3 is 0 Å². The number of thioether (sulfide) groups is 1. The second kappa shape index (κ2) is 9.61. The molecule has 0 aliphatic heterocycles. The molecule has 0 bridgehead atoms. The van der Waals surface area contributed by atoms with Crippen molar-refractivity contribution in [2.24, 2.45) is 0 Å². The van der Waals surface area contributed by atoms with Crippen LogP contribution >= 0.6 is 23.4 Å². The summed E-state index contributed by atoms with van der Waals surface area (Å²) in [6, 6.07) is 5.96. The second-order valence-corrected chi connectivity index (χ2v) is 6.19. The summed E-state index contributed by atoms with van der Waals surface area (Å²) in [5, 5.41) is 13.4. The van der Waals surface area contributed by atoms with E-state index in [1.165, 1.54) is 5.56 Å². The van der Waals surface area contributed by atoms with Crippen LogP contribution < -0.4 is 5.32 Å². The number of halogens is 1. The summed E-state index contributed by atoms with van der Waals surface area (Å²) >= 11 is 8.00. The summed E-state index contributed by atoms with van der Waals surface area (Å²) in [5.41, 5.74) is 1.19. The number of rotatable bonds is 9. The highest BCUT2D eigenvalue weighted by Gasteiger charge is 2.11. The summed E-state index contributed by atoms with van der Waals surface area (Å²) < 4.78 is 5.01. The van der Waals surface area contributed by atoms with E-state index in [1.54, 1.807) is 18.9 Å². The van der Waals surface area contributed by atoms with Gasteiger partial charge in [0.2, 0.25) is 0 Å². The number of hydrogen-bond donors (Lipinski definition) is 2. The van der Waals surface area contributed by atoms with Crippen LogP contribution in [0.25, 0.3) is 0 Å². The van der Waals surface area contributed by atoms with Crippen molar-refractivity contribution >= 4 is 23.4 Å². The van der Waals surface area contributed by atoms with Crippen molar-refractivity contribution < 1.29 is 9.84 Å². The van der Waals surface area contributed by atoms with Gasteiger partial charge in [-0.3, -0.25) is 0 Å². The van der Waals surface area contributed by atoms with E-state index >= 15 is 0 Å². The molecule has 0 spiro atoms. The van der Waals surface area contributed by atoms with Crippen molar-refractivity contribution in [2.75, 3.05) is 26.9 Å². The number of nitrogens with one attached hydrogen (secondary N) is 1. The predicted molar refractivity (Wildman–Crippen MR) is 82.1 cm³/mol. The van der Waals surface area contributed by atoms with Gasteiger partial charge in [-0.1, -0.05) is 30.7 Å². The standard InChI is InChI=1S/C14H22ClNO2S/c1-11(6-8-17)19-14-12(4-3-5-13(14)15)10-16-7-9-18-2/h3-5,11,16-17H,6-10H2,1-2H3. The fraction of sp³-hybridized carbons (Fsp3) is 0.571. The maximum absolute atomic E-state index is 8.98. The van der Waals surface area contributed by atoms with Gasteiger partial charge in [0.1, 0.15) is 0 Å². The summed E-state index contributed by atoms with van der Waals surface area (Å²) in [4.78, 5) is 1.11. The first-order valence-corrected chi connectivity index (χ1v) is 7.69. The normalized spacial score (nSPS) is 12.6. The third kappa shape index (κ3) is 6.15. The zero-order valence-corrected chi connectivity index (χ0v) is 13.1. The van der Waals surface area contributed by atoms with E-state index in [0.29, 0.717) is 11.9 Å². The number of benzene rings is 1. The highest BCUT2D eigenvalue weighted by atomic mass is 35.5. The summed E-state index contributed by atoms with van der Waals surface area (Å²) in [5.74, 6) is 0. The minimum Gasteiger partial charge on any atom is -0.396 e. The second-order valence-electron chi connectivity index (χ2n) is 4.34. The number of ether oxygens (including phenoxy) is 1. The fourth-order valence-electron chi connectivity index (χ4n) is 1.66. The van der Waals surface area contributed by atoms with Crippen LogP contribution in [0.1, 0.15) is 18.9 Å². The van der Waals surface area contributed by atoms with Gasteiger partial charge in [-0.2, -0.15) is 0 Å². The van der Waals surface area contributed by atoms with Crippen LogP contribution in [0.3, 0.4) is 0 Å². The Kier molecular flexibility index (Phi) is 8.50. The van der Waals surface area contributed by atoms with E-state index in [1.807, 2.05) is 12.1 Å². The van der Waals surface area contributed by atoms with Crippen molar-refractivity contribution in [3.8, 4) is 0 Å². The molecule has 0 saturated carbocycles. The molecule has 0 amide bonds. The molecule has 0 saturated heterocycles. The monoisotopic (exact) mass is 303 g/mol. The van der Waals surface area contributed by atoms with Crippen LogP contribution in [-0.4, -0.2) is 37.2 Å². The van der Waals surface area contributed by atoms with Crippen LogP contribution in [0.15, 0.2) is 23.1 Å². The molecule has 108 valence electrons. The Balaban J connectivity index is 2.66. The lowest BCUT2D eigenvalue weighted by Gasteiger charge is -2.15. The van der Waals surface area contributed by atoms with Crippen molar-refractivity contribution in [3.63, 3.8) is 0 Å². The van der Waals surface area contributed by atoms with Crippen molar-refractivity contribution in [1.82, 2.24) is 5.32 Å². The van der Waals surface area contributed by atoms with Crippen molar-refractivity contribution in [1.29, 1.82) is 0 Å². The third-order valence-corrected chi connectivity index (χ3v) is 4.48. The average molecular weight is 304 g/mol. The summed E-state index contributed by atoms with van der Waals surface area (Å²) in [6.45, 7) is 4.60. The molecule has 1 unspecified atom stereocenters. The molecule has 0 fully saturated rings. The molecule has 0 aliphatic carbocycles. The first-order chi connectivity index (χ1) is 9.19. The van der Waals surface area contributed by atoms with Crippen molar-refractivity contribution in [2.45, 2.75) is 30.0 Å². The Morgan fingerprint density at radius 2 is 2.26 bits per heavy atom. The molecule has 0 aromatic heterocycles. The van der Waals surface area contributed by atoms with Crippen LogP contribution in [0.5, 0.6) is 0 Å². The first-order valence-electron chi connectivity index (χ1n) is 6.43. The Morgan fingerprint density at radius 1 is 1.47 bits per heavy atom. The van der Waals surface area contributed by atoms with Crippen LogP contribution in [0, 0.1) is 0 Å². The molecule has 0 radical (unpaired) electrons. The molecule has 0 heterocycles. The highest BCUT2D eigenvalue weighted by molar-refractivity contribution is 8.00. The Hall–Kier alpha value is -0.260. The van der Waals surface area contributed by atoms with Crippen LogP contribution in [-0.2, 0) is 11.3 Å². The van der Waals surface area contributed by atoms with E-state index in [9.17, 15) is 0 Å². The minimum absolute atomic E-state index is 0.208. The molecule has 1 atom stereocenters. The van der Waals surface area contributed by atoms with Gasteiger partial charge in [-0.25, -0.2) is 0 Å². The topological polar surface area (TPSA) is 41.5 Å². The molecule has 0 aliphatic rings. The van der Waals surface area contributed by atoms with E-state index in [-0.39, 0.29) is 6.61 Å². The number of aliphatic hydroxyl groups excluding tert-OH is 1. The third-order valence-electron chi connectivity index (χ3n) is 2.70. The van der Waals surface area contributed by atoms with Crippen LogP contribution in [0.4, 0.5) is 0 Å². The number of hydrogen-bond acceptors (Lipinski definition) is 4. The van der Waals surface area contributed by atoms with E-state index < -0.39 is 0 Å². The average Bonchev–Trinajstić information content (AvgIpc) is 2.38. The lowest BCUT2D eigenvalue weighted by molar-refractivity contribution is 0.199. The fourth-order valence-corrected chi connectivity index (χ4v) is 3.09. The number of methoxy groups -OCH3 is 1. The molecule has 1 aromatic carbocycles. The molecule has 1 aromatic rings. The minimum atomic E-state index is 0.208. The van der Waals surface area contributed by atoms with Gasteiger partial charge in [0.05, 0.1) is 11.6 Å². The molecule has 19 heavy (non-hydrogen) atoms. The Bertz CT molecular complexity index is 376. The van der Waals surface area contributed by atoms with E-state index in [4.69, 9.17) is 21.4 Å². The Labute approximate surface area is 124 Å².